The van der Waals surface area contributed by atoms with Crippen LogP contribution in [0.2, 0.25) is 0 Å². The van der Waals surface area contributed by atoms with Gasteiger partial charge in [0.2, 0.25) is 10.0 Å². The maximum atomic E-state index is 13.0. The van der Waals surface area contributed by atoms with Gasteiger partial charge in [-0.15, -0.1) is 0 Å². The number of nitrogens with zero attached hydrogens (tertiary/aromatic N) is 4. The first kappa shape index (κ1) is 21.2. The molecule has 1 aliphatic rings. The summed E-state index contributed by atoms with van der Waals surface area (Å²) < 4.78 is 27.5. The van der Waals surface area contributed by atoms with E-state index < -0.39 is 14.9 Å². The molecule has 2 aromatic rings. The average Bonchev–Trinajstić information content (AvgIpc) is 3.03. The van der Waals surface area contributed by atoms with E-state index in [1.165, 1.54) is 22.5 Å². The van der Waals surface area contributed by atoms with Gasteiger partial charge in [0, 0.05) is 32.4 Å². The van der Waals surface area contributed by atoms with Crippen molar-refractivity contribution in [1.82, 2.24) is 9.29 Å². The van der Waals surface area contributed by atoms with Gasteiger partial charge in [-0.05, 0) is 44.0 Å². The van der Waals surface area contributed by atoms with Gasteiger partial charge in [-0.3, -0.25) is 15.1 Å². The molecular formula is C20H26N4O4S. The largest absolute Gasteiger partial charge is 0.361 e. The van der Waals surface area contributed by atoms with Crippen LogP contribution in [0.25, 0.3) is 0 Å². The average molecular weight is 419 g/mol. The first-order chi connectivity index (χ1) is 13.8. The second-order valence-corrected chi connectivity index (χ2v) is 9.21. The van der Waals surface area contributed by atoms with E-state index in [0.717, 1.165) is 31.4 Å². The van der Waals surface area contributed by atoms with E-state index in [1.54, 1.807) is 24.2 Å². The molecule has 0 aliphatic carbocycles. The third kappa shape index (κ3) is 4.56. The molecule has 0 radical (unpaired) electrons. The number of hydrogen-bond acceptors (Lipinski definition) is 6. The Labute approximate surface area is 171 Å². The lowest BCUT2D eigenvalue weighted by atomic mass is 10.1. The maximum absolute atomic E-state index is 13.0. The number of sulfonamides is 1. The number of hydrogen-bond donors (Lipinski definition) is 0. The minimum atomic E-state index is -3.76. The molecule has 1 saturated heterocycles. The molecule has 3 rings (SSSR count). The highest BCUT2D eigenvalue weighted by atomic mass is 32.2. The molecule has 2 heterocycles. The van der Waals surface area contributed by atoms with Crippen molar-refractivity contribution in [3.05, 3.63) is 58.4 Å². The summed E-state index contributed by atoms with van der Waals surface area (Å²) in [5.41, 5.74) is 0.889. The van der Waals surface area contributed by atoms with E-state index in [4.69, 9.17) is 0 Å². The van der Waals surface area contributed by atoms with Crippen LogP contribution in [-0.2, 0) is 10.0 Å². The van der Waals surface area contributed by atoms with Crippen molar-refractivity contribution in [2.45, 2.75) is 43.5 Å². The van der Waals surface area contributed by atoms with Crippen molar-refractivity contribution in [3.63, 3.8) is 0 Å². The van der Waals surface area contributed by atoms with Crippen molar-refractivity contribution < 1.29 is 13.3 Å². The topological polar surface area (TPSA) is 96.7 Å². The highest BCUT2D eigenvalue weighted by Crippen LogP contribution is 2.35. The minimum Gasteiger partial charge on any atom is -0.361 e. The van der Waals surface area contributed by atoms with Crippen molar-refractivity contribution >= 4 is 21.4 Å². The number of pyridine rings is 1. The number of rotatable bonds is 6. The van der Waals surface area contributed by atoms with Gasteiger partial charge in [-0.2, -0.15) is 4.31 Å². The van der Waals surface area contributed by atoms with Crippen molar-refractivity contribution in [3.8, 4) is 0 Å². The van der Waals surface area contributed by atoms with Crippen LogP contribution in [0.4, 0.5) is 11.4 Å². The van der Waals surface area contributed by atoms with E-state index in [2.05, 4.69) is 4.98 Å². The Morgan fingerprint density at radius 2 is 1.83 bits per heavy atom. The first-order valence-electron chi connectivity index (χ1n) is 9.74. The zero-order valence-corrected chi connectivity index (χ0v) is 17.5. The molecule has 0 amide bonds. The van der Waals surface area contributed by atoms with Gasteiger partial charge in [-0.1, -0.05) is 18.9 Å². The Kier molecular flexibility index (Phi) is 6.49. The maximum Gasteiger partial charge on any atom is 0.293 e. The van der Waals surface area contributed by atoms with Gasteiger partial charge in [0.15, 0.2) is 0 Å². The fourth-order valence-corrected chi connectivity index (χ4v) is 5.11. The number of aromatic nitrogens is 1. The molecule has 0 saturated carbocycles. The van der Waals surface area contributed by atoms with Crippen LogP contribution in [0.5, 0.6) is 0 Å². The van der Waals surface area contributed by atoms with Gasteiger partial charge in [0.25, 0.3) is 5.69 Å². The van der Waals surface area contributed by atoms with Gasteiger partial charge in [0.05, 0.1) is 21.6 Å². The molecular weight excluding hydrogens is 392 g/mol. The van der Waals surface area contributed by atoms with Gasteiger partial charge >= 0.3 is 0 Å². The summed E-state index contributed by atoms with van der Waals surface area (Å²) in [4.78, 5) is 17.2. The summed E-state index contributed by atoms with van der Waals surface area (Å²) in [5, 5.41) is 11.8. The van der Waals surface area contributed by atoms with Gasteiger partial charge in [0.1, 0.15) is 5.69 Å². The summed E-state index contributed by atoms with van der Waals surface area (Å²) in [6.07, 6.45) is 5.29. The van der Waals surface area contributed by atoms with Crippen LogP contribution in [0, 0.1) is 10.1 Å². The Hall–Kier alpha value is -2.52. The lowest BCUT2D eigenvalue weighted by molar-refractivity contribution is -0.384. The normalized spacial score (nSPS) is 16.8. The zero-order chi connectivity index (χ0) is 21.0. The lowest BCUT2D eigenvalue weighted by Gasteiger charge is -2.27. The second kappa shape index (κ2) is 8.87. The molecule has 1 aromatic heterocycles. The number of anilines is 1. The monoisotopic (exact) mass is 418 g/mol. The molecule has 1 fully saturated rings. The Morgan fingerprint density at radius 1 is 1.14 bits per heavy atom. The summed E-state index contributed by atoms with van der Waals surface area (Å²) in [6, 6.07) is 9.46. The Balaban J connectivity index is 1.96. The molecule has 156 valence electrons. The molecule has 1 atom stereocenters. The summed E-state index contributed by atoms with van der Waals surface area (Å²) >= 11 is 0. The predicted octanol–water partition coefficient (Wildman–Crippen LogP) is 3.75. The molecule has 9 heteroatoms. The third-order valence-corrected chi connectivity index (χ3v) is 7.32. The first-order valence-corrected chi connectivity index (χ1v) is 11.2. The van der Waals surface area contributed by atoms with Gasteiger partial charge in [-0.25, -0.2) is 8.42 Å². The van der Waals surface area contributed by atoms with Crippen molar-refractivity contribution in [2.24, 2.45) is 0 Å². The fourth-order valence-electron chi connectivity index (χ4n) is 3.57. The van der Waals surface area contributed by atoms with E-state index in [0.29, 0.717) is 18.8 Å². The van der Waals surface area contributed by atoms with E-state index in [-0.39, 0.29) is 16.6 Å². The second-order valence-electron chi connectivity index (χ2n) is 7.27. The predicted molar refractivity (Wildman–Crippen MR) is 111 cm³/mol. The Morgan fingerprint density at radius 3 is 2.41 bits per heavy atom. The molecule has 0 spiro atoms. The van der Waals surface area contributed by atoms with E-state index in [9.17, 15) is 18.5 Å². The van der Waals surface area contributed by atoms with E-state index >= 15 is 0 Å². The summed E-state index contributed by atoms with van der Waals surface area (Å²) in [7, 11) is -2.02. The summed E-state index contributed by atoms with van der Waals surface area (Å²) in [5.74, 6) is 0. The number of nitro groups is 1. The molecule has 1 unspecified atom stereocenters. The van der Waals surface area contributed by atoms with Crippen LogP contribution in [0.15, 0.2) is 47.5 Å². The van der Waals surface area contributed by atoms with Crippen molar-refractivity contribution in [1.29, 1.82) is 0 Å². The Bertz CT molecular complexity index is 958. The molecule has 0 bridgehead atoms. The molecule has 1 aliphatic heterocycles. The zero-order valence-electron chi connectivity index (χ0n) is 16.7. The minimum absolute atomic E-state index is 0.0336. The van der Waals surface area contributed by atoms with Gasteiger partial charge < -0.3 is 4.90 Å². The quantitative estimate of drug-likeness (QED) is 0.523. The van der Waals surface area contributed by atoms with Crippen molar-refractivity contribution in [2.75, 3.05) is 25.0 Å². The molecule has 29 heavy (non-hydrogen) atoms. The van der Waals surface area contributed by atoms with Crippen LogP contribution < -0.4 is 4.90 Å². The van der Waals surface area contributed by atoms with Crippen LogP contribution in [-0.4, -0.2) is 42.8 Å². The number of benzene rings is 1. The SMILES string of the molecule is CC(c1ccccn1)N(C)c1ccc(S(=O)(=O)N2CCCCCC2)cc1[N+](=O)[O-]. The third-order valence-electron chi connectivity index (χ3n) is 5.42. The molecule has 1 aromatic carbocycles. The van der Waals surface area contributed by atoms with Crippen LogP contribution in [0.3, 0.4) is 0 Å². The summed E-state index contributed by atoms with van der Waals surface area (Å²) in [6.45, 7) is 2.80. The molecule has 8 nitrogen and oxygen atoms in total. The van der Waals surface area contributed by atoms with E-state index in [1.807, 2.05) is 19.1 Å². The van der Waals surface area contributed by atoms with Crippen LogP contribution in [0.1, 0.15) is 44.3 Å². The number of nitro benzene ring substituents is 1. The fraction of sp³-hybridized carbons (Fsp3) is 0.450. The van der Waals surface area contributed by atoms with Crippen LogP contribution >= 0.6 is 0 Å². The highest BCUT2D eigenvalue weighted by Gasteiger charge is 2.29. The smallest absolute Gasteiger partial charge is 0.293 e. The highest BCUT2D eigenvalue weighted by molar-refractivity contribution is 7.89. The molecule has 0 N–H and O–H groups in total. The standard InChI is InChI=1S/C20H26N4O4S/c1-16(18-9-5-6-12-21-18)22(2)19-11-10-17(15-20(19)24(25)26)29(27,28)23-13-7-3-4-8-14-23/h5-6,9-12,15-16H,3-4,7-8,13-14H2,1-2H3. The lowest BCUT2D eigenvalue weighted by Crippen LogP contribution is -2.32.